The Morgan fingerprint density at radius 3 is 2.71 bits per heavy atom. The van der Waals surface area contributed by atoms with Crippen LogP contribution in [0.15, 0.2) is 30.6 Å². The third kappa shape index (κ3) is 3.19. The van der Waals surface area contributed by atoms with Crippen LogP contribution in [0, 0.1) is 0 Å². The number of amides is 1. The van der Waals surface area contributed by atoms with E-state index >= 15 is 0 Å². The summed E-state index contributed by atoms with van der Waals surface area (Å²) in [5, 5.41) is 10.1. The maximum atomic E-state index is 12.1. The van der Waals surface area contributed by atoms with Gasteiger partial charge in [0, 0.05) is 45.5 Å². The fraction of sp³-hybridized carbons (Fsp3) is 0.357. The Labute approximate surface area is 123 Å². The number of piperazine rings is 1. The zero-order chi connectivity index (χ0) is 14.7. The summed E-state index contributed by atoms with van der Waals surface area (Å²) in [5.41, 5.74) is 1.44. The number of rotatable bonds is 3. The van der Waals surface area contributed by atoms with Gasteiger partial charge in [0.05, 0.1) is 11.9 Å². The van der Waals surface area contributed by atoms with Crippen molar-refractivity contribution >= 4 is 17.4 Å². The van der Waals surface area contributed by atoms with Crippen molar-refractivity contribution in [3.05, 3.63) is 36.3 Å². The van der Waals surface area contributed by atoms with E-state index in [-0.39, 0.29) is 5.91 Å². The number of carbonyl (C=O) groups is 1. The van der Waals surface area contributed by atoms with Gasteiger partial charge in [-0.15, -0.1) is 0 Å². The molecular formula is C14H18N6O. The van der Waals surface area contributed by atoms with Crippen LogP contribution in [0.4, 0.5) is 11.5 Å². The van der Waals surface area contributed by atoms with Crippen molar-refractivity contribution in [1.29, 1.82) is 0 Å². The normalized spacial score (nSPS) is 15.0. The van der Waals surface area contributed by atoms with Crippen LogP contribution in [0.1, 0.15) is 10.5 Å². The highest BCUT2D eigenvalue weighted by Crippen LogP contribution is 2.14. The van der Waals surface area contributed by atoms with E-state index in [0.29, 0.717) is 11.5 Å². The molecule has 0 bridgehead atoms. The number of nitrogens with zero attached hydrogens (tertiary/aromatic N) is 4. The van der Waals surface area contributed by atoms with Crippen LogP contribution in [0.3, 0.4) is 0 Å². The second-order valence-corrected chi connectivity index (χ2v) is 4.97. The summed E-state index contributed by atoms with van der Waals surface area (Å²) in [4.78, 5) is 18.6. The SMILES string of the molecule is Cn1ccc(NC(=O)c2ccc(N3CCNCC3)cn2)n1. The fourth-order valence-electron chi connectivity index (χ4n) is 2.29. The molecule has 7 nitrogen and oxygen atoms in total. The molecule has 2 aromatic rings. The summed E-state index contributed by atoms with van der Waals surface area (Å²) in [6, 6.07) is 5.42. The number of nitrogens with one attached hydrogen (secondary N) is 2. The molecule has 3 rings (SSSR count). The summed E-state index contributed by atoms with van der Waals surface area (Å²) < 4.78 is 1.64. The van der Waals surface area contributed by atoms with Crippen LogP contribution in [-0.2, 0) is 7.05 Å². The molecular weight excluding hydrogens is 268 g/mol. The zero-order valence-corrected chi connectivity index (χ0v) is 11.9. The van der Waals surface area contributed by atoms with Gasteiger partial charge in [0.15, 0.2) is 5.82 Å². The molecule has 0 saturated carbocycles. The van der Waals surface area contributed by atoms with Gasteiger partial charge in [0.2, 0.25) is 0 Å². The minimum absolute atomic E-state index is 0.249. The Morgan fingerprint density at radius 1 is 1.29 bits per heavy atom. The van der Waals surface area contributed by atoms with E-state index < -0.39 is 0 Å². The third-order valence-corrected chi connectivity index (χ3v) is 3.42. The number of pyridine rings is 1. The Kier molecular flexibility index (Phi) is 3.83. The molecule has 1 amide bonds. The van der Waals surface area contributed by atoms with Crippen molar-refractivity contribution in [3.63, 3.8) is 0 Å². The monoisotopic (exact) mass is 286 g/mol. The summed E-state index contributed by atoms with van der Waals surface area (Å²) in [6.45, 7) is 3.87. The van der Waals surface area contributed by atoms with Crippen molar-refractivity contribution in [2.75, 3.05) is 36.4 Å². The Morgan fingerprint density at radius 2 is 2.10 bits per heavy atom. The molecule has 110 valence electrons. The van der Waals surface area contributed by atoms with Gasteiger partial charge in [-0.05, 0) is 12.1 Å². The molecule has 0 aliphatic carbocycles. The van der Waals surface area contributed by atoms with Crippen molar-refractivity contribution in [2.45, 2.75) is 0 Å². The third-order valence-electron chi connectivity index (χ3n) is 3.42. The topological polar surface area (TPSA) is 75.1 Å². The maximum Gasteiger partial charge on any atom is 0.275 e. The number of carbonyl (C=O) groups excluding carboxylic acids is 1. The highest BCUT2D eigenvalue weighted by atomic mass is 16.1. The van der Waals surface area contributed by atoms with Gasteiger partial charge in [-0.25, -0.2) is 4.98 Å². The van der Waals surface area contributed by atoms with E-state index in [1.165, 1.54) is 0 Å². The summed E-state index contributed by atoms with van der Waals surface area (Å²) in [6.07, 6.45) is 3.52. The van der Waals surface area contributed by atoms with Crippen LogP contribution < -0.4 is 15.5 Å². The number of aromatic nitrogens is 3. The standard InChI is InChI=1S/C14H18N6O/c1-19-7-4-13(18-19)17-14(21)12-3-2-11(10-16-12)20-8-5-15-6-9-20/h2-4,7,10,15H,5-6,8-9H2,1H3,(H,17,18,21). The smallest absolute Gasteiger partial charge is 0.275 e. The summed E-state index contributed by atoms with van der Waals surface area (Å²) >= 11 is 0. The number of hydrogen-bond donors (Lipinski definition) is 2. The maximum absolute atomic E-state index is 12.1. The predicted octanol–water partition coefficient (Wildman–Crippen LogP) is 0.477. The minimum atomic E-state index is -0.249. The first-order valence-electron chi connectivity index (χ1n) is 6.95. The predicted molar refractivity (Wildman–Crippen MR) is 80.5 cm³/mol. The number of hydrogen-bond acceptors (Lipinski definition) is 5. The van der Waals surface area contributed by atoms with Crippen LogP contribution in [0.2, 0.25) is 0 Å². The second-order valence-electron chi connectivity index (χ2n) is 4.97. The first-order valence-corrected chi connectivity index (χ1v) is 6.95. The molecule has 0 aromatic carbocycles. The molecule has 0 unspecified atom stereocenters. The van der Waals surface area contributed by atoms with Crippen molar-refractivity contribution in [3.8, 4) is 0 Å². The van der Waals surface area contributed by atoms with Gasteiger partial charge in [-0.2, -0.15) is 5.10 Å². The van der Waals surface area contributed by atoms with E-state index in [1.807, 2.05) is 6.07 Å². The van der Waals surface area contributed by atoms with Gasteiger partial charge >= 0.3 is 0 Å². The van der Waals surface area contributed by atoms with Crippen LogP contribution >= 0.6 is 0 Å². The van der Waals surface area contributed by atoms with Crippen molar-refractivity contribution < 1.29 is 4.79 Å². The largest absolute Gasteiger partial charge is 0.368 e. The lowest BCUT2D eigenvalue weighted by Gasteiger charge is -2.29. The lowest BCUT2D eigenvalue weighted by molar-refractivity contribution is 0.102. The molecule has 1 fully saturated rings. The molecule has 7 heteroatoms. The zero-order valence-electron chi connectivity index (χ0n) is 11.9. The van der Waals surface area contributed by atoms with Gasteiger partial charge in [-0.3, -0.25) is 9.48 Å². The molecule has 3 heterocycles. The Bertz CT molecular complexity index is 615. The quantitative estimate of drug-likeness (QED) is 0.858. The molecule has 0 atom stereocenters. The minimum Gasteiger partial charge on any atom is -0.368 e. The number of aryl methyl sites for hydroxylation is 1. The molecule has 2 aromatic heterocycles. The van der Waals surface area contributed by atoms with E-state index in [9.17, 15) is 4.79 Å². The van der Waals surface area contributed by atoms with E-state index in [0.717, 1.165) is 31.9 Å². The highest BCUT2D eigenvalue weighted by molar-refractivity contribution is 6.02. The molecule has 1 saturated heterocycles. The van der Waals surface area contributed by atoms with Gasteiger partial charge in [0.25, 0.3) is 5.91 Å². The fourth-order valence-corrected chi connectivity index (χ4v) is 2.29. The van der Waals surface area contributed by atoms with Gasteiger partial charge in [-0.1, -0.05) is 0 Å². The number of anilines is 2. The molecule has 2 N–H and O–H groups in total. The first-order chi connectivity index (χ1) is 10.2. The van der Waals surface area contributed by atoms with Crippen LogP contribution in [0.25, 0.3) is 0 Å². The van der Waals surface area contributed by atoms with Gasteiger partial charge in [0.1, 0.15) is 5.69 Å². The Balaban J connectivity index is 1.67. The van der Waals surface area contributed by atoms with E-state index in [2.05, 4.69) is 25.6 Å². The molecule has 0 spiro atoms. The van der Waals surface area contributed by atoms with E-state index in [4.69, 9.17) is 0 Å². The van der Waals surface area contributed by atoms with Crippen LogP contribution in [-0.4, -0.2) is 46.9 Å². The molecule has 0 radical (unpaired) electrons. The lowest BCUT2D eigenvalue weighted by atomic mass is 10.2. The molecule has 21 heavy (non-hydrogen) atoms. The molecule has 1 aliphatic rings. The van der Waals surface area contributed by atoms with Crippen molar-refractivity contribution in [2.24, 2.45) is 7.05 Å². The van der Waals surface area contributed by atoms with E-state index in [1.54, 1.807) is 36.3 Å². The average Bonchev–Trinajstić information content (AvgIpc) is 2.93. The second kappa shape index (κ2) is 5.92. The molecule has 1 aliphatic heterocycles. The van der Waals surface area contributed by atoms with Crippen LogP contribution in [0.5, 0.6) is 0 Å². The van der Waals surface area contributed by atoms with Gasteiger partial charge < -0.3 is 15.5 Å². The first kappa shape index (κ1) is 13.6. The lowest BCUT2D eigenvalue weighted by Crippen LogP contribution is -2.43. The average molecular weight is 286 g/mol. The summed E-state index contributed by atoms with van der Waals surface area (Å²) in [5.74, 6) is 0.274. The summed E-state index contributed by atoms with van der Waals surface area (Å²) in [7, 11) is 1.80. The Hall–Kier alpha value is -2.41. The van der Waals surface area contributed by atoms with Crippen molar-refractivity contribution in [1.82, 2.24) is 20.1 Å². The highest BCUT2D eigenvalue weighted by Gasteiger charge is 2.13.